The summed E-state index contributed by atoms with van der Waals surface area (Å²) < 4.78 is 2.81. The molecule has 21 heavy (non-hydrogen) atoms. The van der Waals surface area contributed by atoms with Gasteiger partial charge in [-0.15, -0.1) is 0 Å². The van der Waals surface area contributed by atoms with E-state index in [1.54, 1.807) is 0 Å². The Labute approximate surface area is 176 Å². The molecule has 1 aliphatic rings. The van der Waals surface area contributed by atoms with E-state index in [1.165, 1.54) is 75.1 Å². The van der Waals surface area contributed by atoms with Crippen molar-refractivity contribution in [2.24, 2.45) is 0 Å². The van der Waals surface area contributed by atoms with Gasteiger partial charge in [-0.05, 0) is 23.7 Å². The van der Waals surface area contributed by atoms with E-state index in [0.717, 1.165) is 3.92 Å². The van der Waals surface area contributed by atoms with Crippen molar-refractivity contribution in [1.29, 1.82) is 0 Å². The van der Waals surface area contributed by atoms with Gasteiger partial charge in [-0.25, -0.2) is 0 Å². The van der Waals surface area contributed by atoms with Crippen LogP contribution in [0, 0.1) is 0 Å². The molecule has 0 unspecified atom stereocenters. The minimum Gasteiger partial charge on any atom is -0.0864 e. The monoisotopic (exact) mass is 634 g/mol. The Kier molecular flexibility index (Phi) is 22.4. The van der Waals surface area contributed by atoms with Gasteiger partial charge in [0.2, 0.25) is 0 Å². The zero-order valence-corrected chi connectivity index (χ0v) is 21.2. The Hall–Kier alpha value is 2.19. The zero-order chi connectivity index (χ0) is 16.6. The summed E-state index contributed by atoms with van der Waals surface area (Å²) in [6, 6.07) is 0. The van der Waals surface area contributed by atoms with Crippen LogP contribution in [-0.2, 0) is 0 Å². The summed E-state index contributed by atoms with van der Waals surface area (Å²) >= 11 is 7.38. The van der Waals surface area contributed by atoms with Crippen molar-refractivity contribution in [1.82, 2.24) is 0 Å². The van der Waals surface area contributed by atoms with E-state index in [0.29, 0.717) is 3.42 Å². The summed E-state index contributed by atoms with van der Waals surface area (Å²) in [6.07, 6.45) is 16.0. The fourth-order valence-corrected chi connectivity index (χ4v) is 3.35. The Balaban J connectivity index is 0. The summed E-state index contributed by atoms with van der Waals surface area (Å²) in [5.41, 5.74) is 0. The third-order valence-electron chi connectivity index (χ3n) is 3.02. The highest BCUT2D eigenvalue weighted by Crippen LogP contribution is 2.23. The number of unbranched alkanes of at least 4 members (excludes halogenated alkanes) is 5. The van der Waals surface area contributed by atoms with E-state index >= 15 is 0 Å². The molecular formula is C18H37I3. The molecule has 0 N–H and O–H groups in total. The second kappa shape index (κ2) is 18.5. The molecule has 1 aliphatic carbocycles. The molecule has 0 aromatic rings. The van der Waals surface area contributed by atoms with Gasteiger partial charge in [-0.1, -0.05) is 147 Å². The minimum atomic E-state index is 0.470. The van der Waals surface area contributed by atoms with Crippen LogP contribution in [0.3, 0.4) is 0 Å². The molecule has 0 amide bonds. The normalized spacial score (nSPS) is 15.6. The van der Waals surface area contributed by atoms with Crippen molar-refractivity contribution in [3.63, 3.8) is 0 Å². The molecule has 0 bridgehead atoms. The molecular weight excluding hydrogens is 597 g/mol. The van der Waals surface area contributed by atoms with Crippen LogP contribution in [0.2, 0.25) is 0 Å². The van der Waals surface area contributed by atoms with E-state index in [4.69, 9.17) is 0 Å². The van der Waals surface area contributed by atoms with Crippen LogP contribution < -0.4 is 0 Å². The molecule has 0 radical (unpaired) electrons. The Morgan fingerprint density at radius 1 is 0.857 bits per heavy atom. The largest absolute Gasteiger partial charge is 0.0864 e. The van der Waals surface area contributed by atoms with Crippen molar-refractivity contribution in [2.45, 2.75) is 106 Å². The molecule has 3 heteroatoms. The lowest BCUT2D eigenvalue weighted by molar-refractivity contribution is 0.528. The van der Waals surface area contributed by atoms with E-state index in [-0.39, 0.29) is 0 Å². The summed E-state index contributed by atoms with van der Waals surface area (Å²) in [5.74, 6) is 0. The smallest absolute Gasteiger partial charge is 0.0137 e. The maximum absolute atomic E-state index is 2.56. The molecule has 0 aromatic heterocycles. The molecule has 1 rings (SSSR count). The Bertz CT molecular complexity index is 169. The van der Waals surface area contributed by atoms with Crippen LogP contribution >= 0.6 is 67.8 Å². The Morgan fingerprint density at radius 2 is 1.29 bits per heavy atom. The molecule has 0 heterocycles. The van der Waals surface area contributed by atoms with E-state index in [2.05, 4.69) is 95.5 Å². The molecule has 1 saturated carbocycles. The SMILES string of the molecule is CC(C)(C)I.CCCCCCCCI.IC1CCCCC1. The van der Waals surface area contributed by atoms with Gasteiger partial charge in [-0.3, -0.25) is 0 Å². The van der Waals surface area contributed by atoms with Gasteiger partial charge in [0.1, 0.15) is 0 Å². The molecule has 0 aromatic carbocycles. The van der Waals surface area contributed by atoms with E-state index in [1.807, 2.05) is 0 Å². The van der Waals surface area contributed by atoms with Crippen LogP contribution in [0.1, 0.15) is 98.3 Å². The number of alkyl halides is 3. The summed E-state index contributed by atoms with van der Waals surface area (Å²) in [6.45, 7) is 8.78. The molecule has 0 spiro atoms. The second-order valence-corrected chi connectivity index (χ2v) is 12.8. The van der Waals surface area contributed by atoms with Crippen molar-refractivity contribution in [3.8, 4) is 0 Å². The van der Waals surface area contributed by atoms with Gasteiger partial charge in [0.25, 0.3) is 0 Å². The first-order chi connectivity index (χ1) is 9.81. The summed E-state index contributed by atoms with van der Waals surface area (Å²) in [5, 5.41) is 0. The van der Waals surface area contributed by atoms with Crippen molar-refractivity contribution >= 4 is 67.8 Å². The molecule has 0 saturated heterocycles. The lowest BCUT2D eigenvalue weighted by atomic mass is 10.0. The quantitative estimate of drug-likeness (QED) is 0.156. The van der Waals surface area contributed by atoms with Gasteiger partial charge in [0, 0.05) is 7.35 Å². The van der Waals surface area contributed by atoms with Crippen LogP contribution in [0.15, 0.2) is 0 Å². The highest BCUT2D eigenvalue weighted by atomic mass is 127. The first kappa shape index (κ1) is 25.4. The van der Waals surface area contributed by atoms with Gasteiger partial charge in [0.05, 0.1) is 0 Å². The zero-order valence-electron chi connectivity index (χ0n) is 14.7. The van der Waals surface area contributed by atoms with Crippen LogP contribution in [0.5, 0.6) is 0 Å². The van der Waals surface area contributed by atoms with Gasteiger partial charge in [-0.2, -0.15) is 0 Å². The predicted octanol–water partition coefficient (Wildman–Crippen LogP) is 8.76. The standard InChI is InChI=1S/C8H17I.C6H11I.C4H9I/c1-2-3-4-5-6-7-8-9;7-6-4-2-1-3-5-6;1-4(2,3)5/h2-8H2,1H3;6H,1-5H2;1-3H3. The Morgan fingerprint density at radius 3 is 1.62 bits per heavy atom. The maximum Gasteiger partial charge on any atom is 0.0137 e. The highest BCUT2D eigenvalue weighted by Gasteiger charge is 2.07. The molecule has 1 fully saturated rings. The number of hydrogen-bond acceptors (Lipinski definition) is 0. The first-order valence-electron chi connectivity index (χ1n) is 8.70. The third-order valence-corrected chi connectivity index (χ3v) is 5.03. The summed E-state index contributed by atoms with van der Waals surface area (Å²) in [7, 11) is 0. The van der Waals surface area contributed by atoms with Crippen LogP contribution in [0.4, 0.5) is 0 Å². The molecule has 130 valence electrons. The summed E-state index contributed by atoms with van der Waals surface area (Å²) in [4.78, 5) is 0. The van der Waals surface area contributed by atoms with Crippen molar-refractivity contribution < 1.29 is 0 Å². The molecule has 0 aliphatic heterocycles. The predicted molar refractivity (Wildman–Crippen MR) is 127 cm³/mol. The van der Waals surface area contributed by atoms with Crippen LogP contribution in [0.25, 0.3) is 0 Å². The fourth-order valence-electron chi connectivity index (χ4n) is 1.93. The minimum absolute atomic E-state index is 0.470. The number of rotatable bonds is 6. The molecule has 0 nitrogen and oxygen atoms in total. The van der Waals surface area contributed by atoms with Crippen LogP contribution in [-0.4, -0.2) is 11.8 Å². The van der Waals surface area contributed by atoms with Crippen molar-refractivity contribution in [3.05, 3.63) is 0 Å². The average Bonchev–Trinajstić information content (AvgIpc) is 2.38. The highest BCUT2D eigenvalue weighted by molar-refractivity contribution is 14.1. The van der Waals surface area contributed by atoms with Crippen molar-refractivity contribution in [2.75, 3.05) is 4.43 Å². The first-order valence-corrected chi connectivity index (χ1v) is 12.5. The lowest BCUT2D eigenvalue weighted by Crippen LogP contribution is -2.02. The topological polar surface area (TPSA) is 0 Å². The third kappa shape index (κ3) is 34.5. The maximum atomic E-state index is 2.56. The van der Waals surface area contributed by atoms with E-state index < -0.39 is 0 Å². The fraction of sp³-hybridized carbons (Fsp3) is 1.00. The van der Waals surface area contributed by atoms with Gasteiger partial charge < -0.3 is 0 Å². The number of hydrogen-bond donors (Lipinski definition) is 0. The van der Waals surface area contributed by atoms with Gasteiger partial charge in [0.15, 0.2) is 0 Å². The van der Waals surface area contributed by atoms with E-state index in [9.17, 15) is 0 Å². The van der Waals surface area contributed by atoms with Gasteiger partial charge >= 0.3 is 0 Å². The average molecular weight is 634 g/mol. The second-order valence-electron chi connectivity index (χ2n) is 6.76. The lowest BCUT2D eigenvalue weighted by Gasteiger charge is -2.13. The molecule has 0 atom stereocenters. The number of halogens is 3.